The van der Waals surface area contributed by atoms with Crippen LogP contribution in [0.2, 0.25) is 0 Å². The van der Waals surface area contributed by atoms with Crippen molar-refractivity contribution in [1.29, 1.82) is 0 Å². The molecule has 1 aliphatic rings. The van der Waals surface area contributed by atoms with Gasteiger partial charge in [0, 0.05) is 18.0 Å². The maximum absolute atomic E-state index is 4.59. The van der Waals surface area contributed by atoms with Gasteiger partial charge >= 0.3 is 0 Å². The van der Waals surface area contributed by atoms with Crippen LogP contribution < -0.4 is 0 Å². The monoisotopic (exact) mass is 236 g/mol. The number of likely N-dealkylation sites (tertiary alicyclic amines) is 1. The van der Waals surface area contributed by atoms with Crippen molar-refractivity contribution in [2.75, 3.05) is 13.1 Å². The van der Waals surface area contributed by atoms with Gasteiger partial charge in [0.25, 0.3) is 0 Å². The Hall–Kier alpha value is -0.900. The van der Waals surface area contributed by atoms with E-state index >= 15 is 0 Å². The molecule has 0 saturated carbocycles. The third kappa shape index (κ3) is 2.86. The summed E-state index contributed by atoms with van der Waals surface area (Å²) >= 11 is 0. The van der Waals surface area contributed by atoms with Gasteiger partial charge in [-0.2, -0.15) is 5.10 Å². The van der Waals surface area contributed by atoms with Crippen LogP contribution in [0.15, 0.2) is 6.33 Å². The maximum Gasteiger partial charge on any atom is 0.153 e. The second-order valence-corrected chi connectivity index (χ2v) is 5.58. The first-order valence-electron chi connectivity index (χ1n) is 6.73. The number of aromatic nitrogens is 3. The van der Waals surface area contributed by atoms with Crippen LogP contribution in [0.1, 0.15) is 58.3 Å². The van der Waals surface area contributed by atoms with Crippen LogP contribution in [0.5, 0.6) is 0 Å². The zero-order chi connectivity index (χ0) is 12.4. The lowest BCUT2D eigenvalue weighted by Crippen LogP contribution is -2.38. The Kier molecular flexibility index (Phi) is 3.82. The highest BCUT2D eigenvalue weighted by molar-refractivity contribution is 4.97. The van der Waals surface area contributed by atoms with E-state index in [1.54, 1.807) is 0 Å². The van der Waals surface area contributed by atoms with Gasteiger partial charge in [-0.3, -0.25) is 4.68 Å². The van der Waals surface area contributed by atoms with Gasteiger partial charge in [0.05, 0.1) is 0 Å². The van der Waals surface area contributed by atoms with Crippen LogP contribution in [0.4, 0.5) is 0 Å². The Bertz CT molecular complexity index is 348. The summed E-state index contributed by atoms with van der Waals surface area (Å²) in [7, 11) is 0. The quantitative estimate of drug-likeness (QED) is 0.808. The summed E-state index contributed by atoms with van der Waals surface area (Å²) in [5.74, 6) is 1.60. The van der Waals surface area contributed by atoms with Crippen LogP contribution in [-0.2, 0) is 0 Å². The molecule has 1 aliphatic heterocycles. The molecule has 1 fully saturated rings. The summed E-state index contributed by atoms with van der Waals surface area (Å²) in [6.07, 6.45) is 4.26. The average molecular weight is 236 g/mol. The molecule has 17 heavy (non-hydrogen) atoms. The summed E-state index contributed by atoms with van der Waals surface area (Å²) in [5.41, 5.74) is 0. The van der Waals surface area contributed by atoms with E-state index in [0.717, 1.165) is 5.82 Å². The Labute approximate surface area is 104 Å². The molecule has 0 amide bonds. The van der Waals surface area contributed by atoms with E-state index in [2.05, 4.69) is 42.7 Å². The molecule has 4 heteroatoms. The molecular weight excluding hydrogens is 212 g/mol. The topological polar surface area (TPSA) is 34.0 Å². The molecule has 0 unspecified atom stereocenters. The fraction of sp³-hybridized carbons (Fsp3) is 0.846. The van der Waals surface area contributed by atoms with E-state index in [0.29, 0.717) is 18.0 Å². The van der Waals surface area contributed by atoms with Crippen molar-refractivity contribution < 1.29 is 0 Å². The first-order chi connectivity index (χ1) is 8.08. The molecule has 0 radical (unpaired) electrons. The number of nitrogens with zero attached hydrogens (tertiary/aromatic N) is 4. The lowest BCUT2D eigenvalue weighted by atomic mass is 9.95. The molecule has 2 heterocycles. The zero-order valence-electron chi connectivity index (χ0n) is 11.4. The summed E-state index contributed by atoms with van der Waals surface area (Å²) in [6.45, 7) is 11.2. The normalized spacial score (nSPS) is 19.4. The molecule has 2 rings (SSSR count). The van der Waals surface area contributed by atoms with E-state index in [4.69, 9.17) is 0 Å². The predicted octanol–water partition coefficient (Wildman–Crippen LogP) is 2.45. The van der Waals surface area contributed by atoms with E-state index in [1.165, 1.54) is 25.9 Å². The van der Waals surface area contributed by atoms with E-state index in [1.807, 2.05) is 11.0 Å². The maximum atomic E-state index is 4.59. The van der Waals surface area contributed by atoms with Gasteiger partial charge in [-0.05, 0) is 53.6 Å². The SMILES string of the molecule is CC(C)N1CCC(c2ncn(C(C)C)n2)CC1. The minimum Gasteiger partial charge on any atom is -0.301 e. The molecule has 0 aromatic carbocycles. The number of rotatable bonds is 3. The Morgan fingerprint density at radius 2 is 1.76 bits per heavy atom. The van der Waals surface area contributed by atoms with Crippen LogP contribution in [0.25, 0.3) is 0 Å². The van der Waals surface area contributed by atoms with E-state index in [-0.39, 0.29) is 0 Å². The number of piperidine rings is 1. The smallest absolute Gasteiger partial charge is 0.153 e. The Morgan fingerprint density at radius 1 is 1.12 bits per heavy atom. The standard InChI is InChI=1S/C13H24N4/c1-10(2)16-7-5-12(6-8-16)13-14-9-17(15-13)11(3)4/h9-12H,5-8H2,1-4H3. The van der Waals surface area contributed by atoms with Crippen LogP contribution in [0.3, 0.4) is 0 Å². The van der Waals surface area contributed by atoms with Crippen LogP contribution >= 0.6 is 0 Å². The summed E-state index contributed by atoms with van der Waals surface area (Å²) in [6, 6.07) is 1.07. The van der Waals surface area contributed by atoms with Gasteiger partial charge in [-0.15, -0.1) is 0 Å². The van der Waals surface area contributed by atoms with E-state index < -0.39 is 0 Å². The molecule has 0 bridgehead atoms. The summed E-state index contributed by atoms with van der Waals surface area (Å²) in [4.78, 5) is 7.00. The molecular formula is C13H24N4. The Morgan fingerprint density at radius 3 is 2.24 bits per heavy atom. The lowest BCUT2D eigenvalue weighted by molar-refractivity contribution is 0.169. The summed E-state index contributed by atoms with van der Waals surface area (Å²) in [5, 5.41) is 4.59. The minimum atomic E-state index is 0.409. The second-order valence-electron chi connectivity index (χ2n) is 5.58. The van der Waals surface area contributed by atoms with Gasteiger partial charge in [0.1, 0.15) is 6.33 Å². The van der Waals surface area contributed by atoms with Gasteiger partial charge in [-0.25, -0.2) is 4.98 Å². The summed E-state index contributed by atoms with van der Waals surface area (Å²) < 4.78 is 1.96. The number of hydrogen-bond donors (Lipinski definition) is 0. The zero-order valence-corrected chi connectivity index (χ0v) is 11.4. The fourth-order valence-corrected chi connectivity index (χ4v) is 2.40. The average Bonchev–Trinajstić information content (AvgIpc) is 2.78. The highest BCUT2D eigenvalue weighted by Crippen LogP contribution is 2.26. The Balaban J connectivity index is 1.96. The van der Waals surface area contributed by atoms with Crippen molar-refractivity contribution in [3.8, 4) is 0 Å². The molecule has 0 atom stereocenters. The molecule has 0 spiro atoms. The van der Waals surface area contributed by atoms with Crippen molar-refractivity contribution in [2.45, 2.75) is 58.5 Å². The first-order valence-corrected chi connectivity index (χ1v) is 6.73. The van der Waals surface area contributed by atoms with Crippen LogP contribution in [0, 0.1) is 0 Å². The van der Waals surface area contributed by atoms with Crippen molar-refractivity contribution >= 4 is 0 Å². The van der Waals surface area contributed by atoms with Gasteiger partial charge < -0.3 is 4.90 Å². The van der Waals surface area contributed by atoms with Crippen molar-refractivity contribution in [3.63, 3.8) is 0 Å². The van der Waals surface area contributed by atoms with E-state index in [9.17, 15) is 0 Å². The third-order valence-corrected chi connectivity index (χ3v) is 3.68. The highest BCUT2D eigenvalue weighted by Gasteiger charge is 2.24. The minimum absolute atomic E-state index is 0.409. The van der Waals surface area contributed by atoms with Crippen LogP contribution in [-0.4, -0.2) is 38.8 Å². The van der Waals surface area contributed by atoms with Crippen molar-refractivity contribution in [1.82, 2.24) is 19.7 Å². The molecule has 0 aliphatic carbocycles. The highest BCUT2D eigenvalue weighted by atomic mass is 15.3. The number of hydrogen-bond acceptors (Lipinski definition) is 3. The predicted molar refractivity (Wildman–Crippen MR) is 69.1 cm³/mol. The van der Waals surface area contributed by atoms with Gasteiger partial charge in [-0.1, -0.05) is 0 Å². The largest absolute Gasteiger partial charge is 0.301 e. The van der Waals surface area contributed by atoms with Crippen molar-refractivity contribution in [3.05, 3.63) is 12.2 Å². The third-order valence-electron chi connectivity index (χ3n) is 3.68. The van der Waals surface area contributed by atoms with Gasteiger partial charge in [0.15, 0.2) is 5.82 Å². The molecule has 4 nitrogen and oxygen atoms in total. The molecule has 1 saturated heterocycles. The lowest BCUT2D eigenvalue weighted by Gasteiger charge is -2.33. The van der Waals surface area contributed by atoms with Crippen molar-refractivity contribution in [2.24, 2.45) is 0 Å². The molecule has 96 valence electrons. The molecule has 0 N–H and O–H groups in total. The molecule has 1 aromatic heterocycles. The fourth-order valence-electron chi connectivity index (χ4n) is 2.40. The van der Waals surface area contributed by atoms with Gasteiger partial charge in [0.2, 0.25) is 0 Å². The molecule has 1 aromatic rings. The first kappa shape index (κ1) is 12.6. The second kappa shape index (κ2) is 5.17.